The summed E-state index contributed by atoms with van der Waals surface area (Å²) >= 11 is 0. The minimum Gasteiger partial charge on any atom is -0.322 e. The van der Waals surface area contributed by atoms with Gasteiger partial charge in [0.15, 0.2) is 0 Å². The number of rotatable bonds is 3. The summed E-state index contributed by atoms with van der Waals surface area (Å²) in [5.41, 5.74) is -0.159. The van der Waals surface area contributed by atoms with Gasteiger partial charge in [-0.1, -0.05) is 39.0 Å². The van der Waals surface area contributed by atoms with Gasteiger partial charge in [-0.15, -0.1) is 0 Å². The lowest BCUT2D eigenvalue weighted by atomic mass is 9.97. The number of amides is 1. The van der Waals surface area contributed by atoms with E-state index in [2.05, 4.69) is 17.1 Å². The molecule has 1 N–H and O–H groups in total. The van der Waals surface area contributed by atoms with Crippen molar-refractivity contribution in [3.63, 3.8) is 0 Å². The Morgan fingerprint density at radius 2 is 1.90 bits per heavy atom. The minimum absolute atomic E-state index is 0.159. The number of nitrogens with one attached hydrogen (secondary N) is 1. The molecule has 0 aromatic heterocycles. The van der Waals surface area contributed by atoms with E-state index in [-0.39, 0.29) is 5.54 Å². The second-order valence-corrected chi connectivity index (χ2v) is 7.61. The quantitative estimate of drug-likeness (QED) is 0.859. The van der Waals surface area contributed by atoms with Crippen molar-refractivity contribution in [2.24, 2.45) is 11.8 Å². The van der Waals surface area contributed by atoms with E-state index in [4.69, 9.17) is 0 Å². The summed E-state index contributed by atoms with van der Waals surface area (Å²) in [6.07, 6.45) is 12.8. The molecule has 0 aromatic carbocycles. The van der Waals surface area contributed by atoms with E-state index in [1.54, 1.807) is 0 Å². The van der Waals surface area contributed by atoms with Gasteiger partial charge in [0.05, 0.1) is 11.7 Å². The van der Waals surface area contributed by atoms with E-state index in [9.17, 15) is 4.79 Å². The van der Waals surface area contributed by atoms with E-state index in [1.807, 2.05) is 0 Å². The minimum atomic E-state index is -0.159. The molecule has 3 heteroatoms. The first kappa shape index (κ1) is 13.1. The van der Waals surface area contributed by atoms with Gasteiger partial charge < -0.3 is 4.90 Å². The van der Waals surface area contributed by atoms with Crippen LogP contribution in [0, 0.1) is 11.8 Å². The third-order valence-corrected chi connectivity index (χ3v) is 6.44. The first-order valence-corrected chi connectivity index (χ1v) is 8.85. The van der Waals surface area contributed by atoms with Gasteiger partial charge in [0.2, 0.25) is 5.91 Å². The summed E-state index contributed by atoms with van der Waals surface area (Å²) in [5, 5.41) is 3.85. The van der Waals surface area contributed by atoms with Gasteiger partial charge in [0.1, 0.15) is 0 Å². The fraction of sp³-hybridized carbons (Fsp3) is 0.941. The molecule has 1 amide bonds. The molecular formula is C17H28N2O. The predicted octanol–water partition coefficient (Wildman–Crippen LogP) is 3.05. The molecule has 0 aromatic rings. The van der Waals surface area contributed by atoms with Gasteiger partial charge in [-0.2, -0.15) is 0 Å². The molecule has 3 saturated carbocycles. The maximum Gasteiger partial charge on any atom is 0.244 e. The Labute approximate surface area is 122 Å². The third-order valence-electron chi connectivity index (χ3n) is 6.44. The summed E-state index contributed by atoms with van der Waals surface area (Å²) in [7, 11) is 0. The van der Waals surface area contributed by atoms with Crippen molar-refractivity contribution in [2.45, 2.75) is 88.9 Å². The Morgan fingerprint density at radius 3 is 2.50 bits per heavy atom. The molecule has 3 nitrogen and oxygen atoms in total. The largest absolute Gasteiger partial charge is 0.322 e. The van der Waals surface area contributed by atoms with Gasteiger partial charge in [-0.25, -0.2) is 0 Å². The van der Waals surface area contributed by atoms with Crippen molar-refractivity contribution in [1.29, 1.82) is 0 Å². The van der Waals surface area contributed by atoms with E-state index in [1.165, 1.54) is 51.4 Å². The molecule has 4 rings (SSSR count). The molecule has 1 saturated heterocycles. The molecule has 1 heterocycles. The summed E-state index contributed by atoms with van der Waals surface area (Å²) in [6, 6.07) is 0.561. The lowest BCUT2D eigenvalue weighted by Crippen LogP contribution is -2.46. The SMILES string of the molecule is CCC1CC1N1C(=O)C2(CCCC2)NC1C1CCCC1. The Balaban J connectivity index is 1.60. The van der Waals surface area contributed by atoms with Crippen molar-refractivity contribution in [3.8, 4) is 0 Å². The van der Waals surface area contributed by atoms with E-state index >= 15 is 0 Å². The smallest absolute Gasteiger partial charge is 0.244 e. The van der Waals surface area contributed by atoms with Crippen LogP contribution in [0.25, 0.3) is 0 Å². The van der Waals surface area contributed by atoms with Crippen LogP contribution in [0.3, 0.4) is 0 Å². The molecule has 3 aliphatic carbocycles. The highest BCUT2D eigenvalue weighted by atomic mass is 16.2. The van der Waals surface area contributed by atoms with Gasteiger partial charge in [-0.3, -0.25) is 10.1 Å². The zero-order valence-corrected chi connectivity index (χ0v) is 12.7. The fourth-order valence-electron chi connectivity index (χ4n) is 5.11. The van der Waals surface area contributed by atoms with Crippen LogP contribution in [0.1, 0.15) is 71.1 Å². The molecule has 4 fully saturated rings. The maximum absolute atomic E-state index is 13.1. The lowest BCUT2D eigenvalue weighted by molar-refractivity contribution is -0.134. The third kappa shape index (κ3) is 1.85. The summed E-state index contributed by atoms with van der Waals surface area (Å²) in [5.74, 6) is 1.96. The summed E-state index contributed by atoms with van der Waals surface area (Å²) < 4.78 is 0. The second kappa shape index (κ2) is 4.72. The summed E-state index contributed by atoms with van der Waals surface area (Å²) in [4.78, 5) is 15.4. The Kier molecular flexibility index (Phi) is 3.10. The molecule has 112 valence electrons. The van der Waals surface area contributed by atoms with Gasteiger partial charge in [0.25, 0.3) is 0 Å². The topological polar surface area (TPSA) is 32.3 Å². The summed E-state index contributed by atoms with van der Waals surface area (Å²) in [6.45, 7) is 2.27. The average Bonchev–Trinajstić information content (AvgIpc) is 2.90. The Hall–Kier alpha value is -0.570. The molecule has 1 spiro atoms. The van der Waals surface area contributed by atoms with Gasteiger partial charge in [-0.05, 0) is 43.9 Å². The first-order valence-electron chi connectivity index (χ1n) is 8.85. The van der Waals surface area contributed by atoms with Crippen molar-refractivity contribution in [3.05, 3.63) is 0 Å². The highest BCUT2D eigenvalue weighted by Gasteiger charge is 2.59. The monoisotopic (exact) mass is 276 g/mol. The molecule has 0 bridgehead atoms. The van der Waals surface area contributed by atoms with Crippen LogP contribution in [-0.4, -0.2) is 28.6 Å². The van der Waals surface area contributed by atoms with Crippen molar-refractivity contribution >= 4 is 5.91 Å². The molecular weight excluding hydrogens is 248 g/mol. The number of carbonyl (C=O) groups is 1. The standard InChI is InChI=1S/C17H28N2O/c1-2-12-11-14(12)19-15(13-7-3-4-8-13)18-17(16(19)20)9-5-6-10-17/h12-15,18H,2-11H2,1H3. The number of hydrogen-bond acceptors (Lipinski definition) is 2. The fourth-order valence-corrected chi connectivity index (χ4v) is 5.11. The van der Waals surface area contributed by atoms with Crippen molar-refractivity contribution in [1.82, 2.24) is 10.2 Å². The van der Waals surface area contributed by atoms with Crippen LogP contribution in [-0.2, 0) is 4.79 Å². The van der Waals surface area contributed by atoms with Crippen LogP contribution < -0.4 is 5.32 Å². The van der Waals surface area contributed by atoms with Crippen LogP contribution in [0.4, 0.5) is 0 Å². The van der Waals surface area contributed by atoms with Crippen LogP contribution in [0.2, 0.25) is 0 Å². The lowest BCUT2D eigenvalue weighted by Gasteiger charge is -2.29. The Bertz CT molecular complexity index is 396. The zero-order valence-electron chi connectivity index (χ0n) is 12.7. The number of nitrogens with zero attached hydrogens (tertiary/aromatic N) is 1. The van der Waals surface area contributed by atoms with Crippen LogP contribution in [0.15, 0.2) is 0 Å². The molecule has 20 heavy (non-hydrogen) atoms. The molecule has 4 aliphatic rings. The van der Waals surface area contributed by atoms with Crippen molar-refractivity contribution in [2.75, 3.05) is 0 Å². The highest BCUT2D eigenvalue weighted by Crippen LogP contribution is 2.48. The second-order valence-electron chi connectivity index (χ2n) is 7.61. The van der Waals surface area contributed by atoms with Crippen LogP contribution in [0.5, 0.6) is 0 Å². The van der Waals surface area contributed by atoms with E-state index in [0.29, 0.717) is 18.1 Å². The van der Waals surface area contributed by atoms with Crippen molar-refractivity contribution < 1.29 is 4.79 Å². The predicted molar refractivity (Wildman–Crippen MR) is 79.1 cm³/mol. The maximum atomic E-state index is 13.1. The van der Waals surface area contributed by atoms with Gasteiger partial charge in [0, 0.05) is 6.04 Å². The Morgan fingerprint density at radius 1 is 1.20 bits per heavy atom. The normalized spacial score (nSPS) is 40.1. The van der Waals surface area contributed by atoms with E-state index < -0.39 is 0 Å². The average molecular weight is 276 g/mol. The van der Waals surface area contributed by atoms with Crippen LogP contribution >= 0.6 is 0 Å². The molecule has 0 radical (unpaired) electrons. The number of hydrogen-bond donors (Lipinski definition) is 1. The molecule has 3 atom stereocenters. The van der Waals surface area contributed by atoms with E-state index in [0.717, 1.165) is 24.7 Å². The molecule has 3 unspecified atom stereocenters. The zero-order chi connectivity index (χ0) is 13.7. The molecule has 1 aliphatic heterocycles. The van der Waals surface area contributed by atoms with Gasteiger partial charge >= 0.3 is 0 Å². The first-order chi connectivity index (χ1) is 9.75. The number of carbonyl (C=O) groups excluding carboxylic acids is 1. The highest BCUT2D eigenvalue weighted by molar-refractivity contribution is 5.89.